The number of anilines is 1. The molecule has 0 aliphatic carbocycles. The van der Waals surface area contributed by atoms with Crippen LogP contribution in [-0.4, -0.2) is 30.6 Å². The van der Waals surface area contributed by atoms with E-state index in [0.717, 1.165) is 12.1 Å². The molecule has 2 heterocycles. The van der Waals surface area contributed by atoms with Crippen LogP contribution in [0.5, 0.6) is 0 Å². The second-order valence-electron chi connectivity index (χ2n) is 5.42. The van der Waals surface area contributed by atoms with Crippen molar-refractivity contribution in [2.75, 3.05) is 18.0 Å². The van der Waals surface area contributed by atoms with E-state index in [9.17, 15) is 22.8 Å². The van der Waals surface area contributed by atoms with E-state index in [2.05, 4.69) is 10.6 Å². The highest BCUT2D eigenvalue weighted by molar-refractivity contribution is 6.17. The highest BCUT2D eigenvalue weighted by atomic mass is 19.4. The molecule has 2 N–H and O–H groups in total. The van der Waals surface area contributed by atoms with Gasteiger partial charge < -0.3 is 5.32 Å². The summed E-state index contributed by atoms with van der Waals surface area (Å²) in [6, 6.07) is 3.82. The van der Waals surface area contributed by atoms with Gasteiger partial charge in [0.1, 0.15) is 5.54 Å². The lowest BCUT2D eigenvalue weighted by molar-refractivity contribution is -0.137. The zero-order valence-electron chi connectivity index (χ0n) is 11.5. The van der Waals surface area contributed by atoms with Crippen molar-refractivity contribution in [2.24, 2.45) is 0 Å². The Labute approximate surface area is 124 Å². The van der Waals surface area contributed by atoms with Crippen molar-refractivity contribution in [2.45, 2.75) is 24.6 Å². The van der Waals surface area contributed by atoms with Crippen LogP contribution in [0, 0.1) is 0 Å². The highest BCUT2D eigenvalue weighted by Crippen LogP contribution is 2.38. The first-order valence-corrected chi connectivity index (χ1v) is 6.88. The molecule has 2 saturated heterocycles. The molecular formula is C14H14F3N3O2. The minimum atomic E-state index is -4.50. The number of hydrogen-bond donors (Lipinski definition) is 2. The quantitative estimate of drug-likeness (QED) is 0.778. The fourth-order valence-corrected chi connectivity index (χ4v) is 3.04. The van der Waals surface area contributed by atoms with E-state index < -0.39 is 29.2 Å². The number of nitrogens with one attached hydrogen (secondary N) is 2. The molecule has 118 valence electrons. The van der Waals surface area contributed by atoms with Gasteiger partial charge in [-0.25, -0.2) is 4.79 Å². The lowest BCUT2D eigenvalue weighted by atomic mass is 9.86. The average molecular weight is 313 g/mol. The van der Waals surface area contributed by atoms with Gasteiger partial charge in [-0.05, 0) is 44.1 Å². The third-order valence-corrected chi connectivity index (χ3v) is 4.14. The van der Waals surface area contributed by atoms with E-state index in [4.69, 9.17) is 0 Å². The number of piperidine rings is 1. The number of imide groups is 1. The lowest BCUT2D eigenvalue weighted by Gasteiger charge is -2.38. The van der Waals surface area contributed by atoms with E-state index in [0.29, 0.717) is 25.9 Å². The predicted octanol–water partition coefficient (Wildman–Crippen LogP) is 1.88. The van der Waals surface area contributed by atoms with Crippen molar-refractivity contribution in [3.05, 3.63) is 29.8 Å². The van der Waals surface area contributed by atoms with Gasteiger partial charge in [-0.3, -0.25) is 15.0 Å². The molecule has 5 nitrogen and oxygen atoms in total. The Hall–Kier alpha value is -2.09. The zero-order chi connectivity index (χ0) is 16.0. The Balaban J connectivity index is 2.05. The Morgan fingerprint density at radius 3 is 2.45 bits per heavy atom. The molecule has 0 saturated carbocycles. The van der Waals surface area contributed by atoms with Crippen molar-refractivity contribution < 1.29 is 22.8 Å². The summed E-state index contributed by atoms with van der Waals surface area (Å²) in [4.78, 5) is 25.5. The van der Waals surface area contributed by atoms with Crippen molar-refractivity contribution in [1.82, 2.24) is 10.6 Å². The minimum absolute atomic E-state index is 0.0834. The first-order valence-electron chi connectivity index (χ1n) is 6.88. The van der Waals surface area contributed by atoms with Crippen LogP contribution in [0.1, 0.15) is 18.4 Å². The van der Waals surface area contributed by atoms with Crippen LogP contribution in [0.15, 0.2) is 24.3 Å². The molecule has 8 heteroatoms. The summed E-state index contributed by atoms with van der Waals surface area (Å²) in [7, 11) is 0. The van der Waals surface area contributed by atoms with Crippen LogP contribution >= 0.6 is 0 Å². The normalized spacial score (nSPS) is 21.3. The van der Waals surface area contributed by atoms with Crippen LogP contribution in [0.4, 0.5) is 23.7 Å². The third kappa shape index (κ3) is 2.23. The van der Waals surface area contributed by atoms with Gasteiger partial charge in [0.15, 0.2) is 0 Å². The van der Waals surface area contributed by atoms with Crippen LogP contribution in [0.3, 0.4) is 0 Å². The van der Waals surface area contributed by atoms with E-state index in [-0.39, 0.29) is 5.69 Å². The van der Waals surface area contributed by atoms with Crippen molar-refractivity contribution in [1.29, 1.82) is 0 Å². The summed E-state index contributed by atoms with van der Waals surface area (Å²) in [5.41, 5.74) is -1.87. The lowest BCUT2D eigenvalue weighted by Crippen LogP contribution is -2.56. The summed E-state index contributed by atoms with van der Waals surface area (Å²) in [6.45, 7) is 1.05. The third-order valence-electron chi connectivity index (χ3n) is 4.14. The van der Waals surface area contributed by atoms with Gasteiger partial charge in [0.25, 0.3) is 5.91 Å². The van der Waals surface area contributed by atoms with Crippen LogP contribution in [0.2, 0.25) is 0 Å². The second-order valence-corrected chi connectivity index (χ2v) is 5.42. The summed E-state index contributed by atoms with van der Waals surface area (Å²) in [5.74, 6) is -0.448. The largest absolute Gasteiger partial charge is 0.416 e. The molecule has 0 radical (unpaired) electrons. The SMILES string of the molecule is O=C1NC(=O)C2(CCNCC2)N1c1cccc(C(F)(F)F)c1. The number of nitrogens with zero attached hydrogens (tertiary/aromatic N) is 1. The van der Waals surface area contributed by atoms with Gasteiger partial charge >= 0.3 is 12.2 Å². The molecule has 0 bridgehead atoms. The second kappa shape index (κ2) is 4.98. The fraction of sp³-hybridized carbons (Fsp3) is 0.429. The average Bonchev–Trinajstić information content (AvgIpc) is 2.70. The molecular weight excluding hydrogens is 299 g/mol. The molecule has 0 atom stereocenters. The molecule has 1 aromatic carbocycles. The van der Waals surface area contributed by atoms with Crippen LogP contribution in [0.25, 0.3) is 0 Å². The van der Waals surface area contributed by atoms with E-state index in [1.807, 2.05) is 0 Å². The maximum Gasteiger partial charge on any atom is 0.416 e. The van der Waals surface area contributed by atoms with Gasteiger partial charge in [0.05, 0.1) is 5.56 Å². The maximum atomic E-state index is 12.9. The summed E-state index contributed by atoms with van der Waals surface area (Å²) in [6.07, 6.45) is -3.78. The molecule has 2 aliphatic rings. The summed E-state index contributed by atoms with van der Waals surface area (Å²) in [5, 5.41) is 5.30. The number of carbonyl (C=O) groups is 2. The number of rotatable bonds is 1. The van der Waals surface area contributed by atoms with Crippen LogP contribution in [-0.2, 0) is 11.0 Å². The van der Waals surface area contributed by atoms with Crippen molar-refractivity contribution >= 4 is 17.6 Å². The molecule has 0 aromatic heterocycles. The number of amides is 3. The van der Waals surface area contributed by atoms with Crippen molar-refractivity contribution in [3.63, 3.8) is 0 Å². The molecule has 2 fully saturated rings. The topological polar surface area (TPSA) is 61.4 Å². The Kier molecular flexibility index (Phi) is 3.36. The zero-order valence-corrected chi connectivity index (χ0v) is 11.5. The minimum Gasteiger partial charge on any atom is -0.317 e. The molecule has 1 spiro atoms. The smallest absolute Gasteiger partial charge is 0.317 e. The molecule has 0 unspecified atom stereocenters. The Morgan fingerprint density at radius 2 is 1.82 bits per heavy atom. The number of urea groups is 1. The molecule has 22 heavy (non-hydrogen) atoms. The van der Waals surface area contributed by atoms with Crippen molar-refractivity contribution in [3.8, 4) is 0 Å². The van der Waals surface area contributed by atoms with Gasteiger partial charge in [0, 0.05) is 5.69 Å². The monoisotopic (exact) mass is 313 g/mol. The Morgan fingerprint density at radius 1 is 1.14 bits per heavy atom. The fourth-order valence-electron chi connectivity index (χ4n) is 3.04. The highest BCUT2D eigenvalue weighted by Gasteiger charge is 2.54. The molecule has 2 aliphatic heterocycles. The summed E-state index contributed by atoms with van der Waals surface area (Å²) >= 11 is 0. The number of hydrogen-bond acceptors (Lipinski definition) is 3. The number of halogens is 3. The van der Waals surface area contributed by atoms with E-state index in [1.54, 1.807) is 0 Å². The van der Waals surface area contributed by atoms with Gasteiger partial charge in [0.2, 0.25) is 0 Å². The molecule has 1 aromatic rings. The van der Waals surface area contributed by atoms with Crippen LogP contribution < -0.4 is 15.5 Å². The first-order chi connectivity index (χ1) is 10.3. The van der Waals surface area contributed by atoms with Gasteiger partial charge in [-0.2, -0.15) is 13.2 Å². The number of carbonyl (C=O) groups excluding carboxylic acids is 2. The maximum absolute atomic E-state index is 12.9. The molecule has 3 amide bonds. The predicted molar refractivity (Wildman–Crippen MR) is 72.3 cm³/mol. The number of alkyl halides is 3. The number of benzene rings is 1. The van der Waals surface area contributed by atoms with Gasteiger partial charge in [-0.15, -0.1) is 0 Å². The van der Waals surface area contributed by atoms with E-state index in [1.165, 1.54) is 17.0 Å². The standard InChI is InChI=1S/C14H14F3N3O2/c15-14(16,17)9-2-1-3-10(8-9)20-12(22)19-11(21)13(20)4-6-18-7-5-13/h1-3,8,18H,4-7H2,(H,19,21,22). The molecule has 3 rings (SSSR count). The van der Waals surface area contributed by atoms with Gasteiger partial charge in [-0.1, -0.05) is 6.07 Å². The van der Waals surface area contributed by atoms with E-state index >= 15 is 0 Å². The summed E-state index contributed by atoms with van der Waals surface area (Å²) < 4.78 is 38.6. The first kappa shape index (κ1) is 14.8. The Bertz CT molecular complexity index is 624.